The van der Waals surface area contributed by atoms with Crippen LogP contribution in [-0.2, 0) is 16.6 Å². The summed E-state index contributed by atoms with van der Waals surface area (Å²) in [5.74, 6) is 0.649. The molecule has 2 aromatic carbocycles. The third-order valence-electron chi connectivity index (χ3n) is 4.93. The van der Waals surface area contributed by atoms with Crippen LogP contribution in [0.15, 0.2) is 41.3 Å². The molecule has 0 unspecified atom stereocenters. The van der Waals surface area contributed by atoms with E-state index in [4.69, 9.17) is 21.1 Å². The van der Waals surface area contributed by atoms with Crippen molar-refractivity contribution in [3.8, 4) is 11.5 Å². The van der Waals surface area contributed by atoms with Crippen molar-refractivity contribution in [3.05, 3.63) is 52.8 Å². The number of ether oxygens (including phenoxy) is 2. The van der Waals surface area contributed by atoms with Crippen molar-refractivity contribution < 1.29 is 22.3 Å². The molecule has 4 rings (SSSR count). The molecule has 0 aliphatic carbocycles. The van der Waals surface area contributed by atoms with Crippen LogP contribution < -0.4 is 9.47 Å². The van der Waals surface area contributed by atoms with Gasteiger partial charge in [0.25, 0.3) is 0 Å². The van der Waals surface area contributed by atoms with Crippen molar-refractivity contribution in [2.24, 2.45) is 0 Å². The number of nitrogens with zero attached hydrogens (tertiary/aromatic N) is 2. The van der Waals surface area contributed by atoms with Gasteiger partial charge in [-0.15, -0.1) is 0 Å². The van der Waals surface area contributed by atoms with E-state index in [0.29, 0.717) is 68.0 Å². The highest BCUT2D eigenvalue weighted by molar-refractivity contribution is 7.89. The zero-order valence-electron chi connectivity index (χ0n) is 15.1. The first-order valence-electron chi connectivity index (χ1n) is 9.00. The maximum absolute atomic E-state index is 14.0. The predicted octanol–water partition coefficient (Wildman–Crippen LogP) is 2.76. The van der Waals surface area contributed by atoms with E-state index in [1.54, 1.807) is 18.2 Å². The Morgan fingerprint density at radius 1 is 1.00 bits per heavy atom. The lowest BCUT2D eigenvalue weighted by Gasteiger charge is -2.34. The van der Waals surface area contributed by atoms with Gasteiger partial charge >= 0.3 is 0 Å². The Morgan fingerprint density at radius 3 is 2.43 bits per heavy atom. The normalized spacial score (nSPS) is 18.2. The van der Waals surface area contributed by atoms with Crippen LogP contribution in [0.1, 0.15) is 5.56 Å². The molecular formula is C19H20ClFN2O4S. The molecule has 0 saturated carbocycles. The Kier molecular flexibility index (Phi) is 5.46. The van der Waals surface area contributed by atoms with Crippen LogP contribution in [0.5, 0.6) is 11.5 Å². The number of hydrogen-bond donors (Lipinski definition) is 0. The number of fused-ring (bicyclic) bond motifs is 1. The number of piperazine rings is 1. The molecule has 1 fully saturated rings. The molecule has 9 heteroatoms. The Bertz CT molecular complexity index is 958. The summed E-state index contributed by atoms with van der Waals surface area (Å²) in [6.45, 7) is 2.83. The highest BCUT2D eigenvalue weighted by Crippen LogP contribution is 2.33. The number of sulfonamides is 1. The van der Waals surface area contributed by atoms with Crippen LogP contribution in [0.4, 0.5) is 4.39 Å². The molecule has 0 N–H and O–H groups in total. The molecule has 150 valence electrons. The molecule has 2 heterocycles. The fourth-order valence-electron chi connectivity index (χ4n) is 3.37. The molecular weight excluding hydrogens is 407 g/mol. The van der Waals surface area contributed by atoms with Crippen LogP contribution in [-0.4, -0.2) is 57.0 Å². The van der Waals surface area contributed by atoms with Crippen molar-refractivity contribution in [2.45, 2.75) is 11.4 Å². The van der Waals surface area contributed by atoms with E-state index in [0.717, 1.165) is 0 Å². The quantitative estimate of drug-likeness (QED) is 0.752. The molecule has 0 spiro atoms. The van der Waals surface area contributed by atoms with Gasteiger partial charge in [0, 0.05) is 49.4 Å². The van der Waals surface area contributed by atoms with Gasteiger partial charge in [-0.2, -0.15) is 4.31 Å². The van der Waals surface area contributed by atoms with E-state index < -0.39 is 10.0 Å². The third-order valence-corrected chi connectivity index (χ3v) is 7.17. The summed E-state index contributed by atoms with van der Waals surface area (Å²) in [5.41, 5.74) is 0.437. The number of hydrogen-bond acceptors (Lipinski definition) is 5. The molecule has 0 amide bonds. The Balaban J connectivity index is 1.44. The molecule has 0 atom stereocenters. The maximum atomic E-state index is 14.0. The van der Waals surface area contributed by atoms with Gasteiger partial charge in [0.2, 0.25) is 10.0 Å². The second kappa shape index (κ2) is 7.87. The second-order valence-electron chi connectivity index (χ2n) is 6.69. The fraction of sp³-hybridized carbons (Fsp3) is 0.368. The number of benzene rings is 2. The highest BCUT2D eigenvalue weighted by Gasteiger charge is 2.30. The summed E-state index contributed by atoms with van der Waals surface area (Å²) in [7, 11) is -3.64. The molecule has 0 radical (unpaired) electrons. The lowest BCUT2D eigenvalue weighted by atomic mass is 10.2. The smallest absolute Gasteiger partial charge is 0.243 e. The summed E-state index contributed by atoms with van der Waals surface area (Å²) >= 11 is 6.09. The predicted molar refractivity (Wildman–Crippen MR) is 103 cm³/mol. The monoisotopic (exact) mass is 426 g/mol. The summed E-state index contributed by atoms with van der Waals surface area (Å²) < 4.78 is 52.3. The van der Waals surface area contributed by atoms with Gasteiger partial charge in [-0.25, -0.2) is 12.8 Å². The standard InChI is InChI=1S/C19H20ClFN2O4S/c20-16-2-1-3-17(21)15(16)13-22-6-8-23(9-7-22)28(24,25)14-4-5-18-19(12-14)27-11-10-26-18/h1-5,12H,6-11,13H2. The maximum Gasteiger partial charge on any atom is 0.243 e. The topological polar surface area (TPSA) is 59.1 Å². The van der Waals surface area contributed by atoms with Crippen molar-refractivity contribution in [3.63, 3.8) is 0 Å². The van der Waals surface area contributed by atoms with Crippen LogP contribution in [0.2, 0.25) is 5.02 Å². The molecule has 28 heavy (non-hydrogen) atoms. The highest BCUT2D eigenvalue weighted by atomic mass is 35.5. The Hall–Kier alpha value is -1.87. The van der Waals surface area contributed by atoms with E-state index in [9.17, 15) is 12.8 Å². The van der Waals surface area contributed by atoms with Crippen LogP contribution in [0.25, 0.3) is 0 Å². The van der Waals surface area contributed by atoms with Crippen molar-refractivity contribution in [1.29, 1.82) is 0 Å². The number of halogens is 2. The lowest BCUT2D eigenvalue weighted by Crippen LogP contribution is -2.48. The molecule has 1 saturated heterocycles. The van der Waals surface area contributed by atoms with Crippen LogP contribution >= 0.6 is 11.6 Å². The minimum absolute atomic E-state index is 0.183. The first kappa shape index (κ1) is 19.4. The average molecular weight is 427 g/mol. The van der Waals surface area contributed by atoms with Crippen molar-refractivity contribution >= 4 is 21.6 Å². The molecule has 2 aromatic rings. The Labute approximate surface area is 168 Å². The summed E-state index contributed by atoms with van der Waals surface area (Å²) in [6, 6.07) is 9.27. The van der Waals surface area contributed by atoms with Gasteiger partial charge in [0.05, 0.1) is 4.90 Å². The minimum atomic E-state index is -3.64. The first-order valence-corrected chi connectivity index (χ1v) is 10.8. The van der Waals surface area contributed by atoms with E-state index in [2.05, 4.69) is 0 Å². The summed E-state index contributed by atoms with van der Waals surface area (Å²) in [4.78, 5) is 2.18. The van der Waals surface area contributed by atoms with E-state index in [1.807, 2.05) is 4.90 Å². The van der Waals surface area contributed by atoms with Gasteiger partial charge in [-0.3, -0.25) is 4.90 Å². The molecule has 0 bridgehead atoms. The molecule has 2 aliphatic heterocycles. The third kappa shape index (κ3) is 3.82. The van der Waals surface area contributed by atoms with Gasteiger partial charge in [0.1, 0.15) is 19.0 Å². The van der Waals surface area contributed by atoms with Crippen molar-refractivity contribution in [2.75, 3.05) is 39.4 Å². The van der Waals surface area contributed by atoms with E-state index >= 15 is 0 Å². The van der Waals surface area contributed by atoms with Gasteiger partial charge in [-0.05, 0) is 24.3 Å². The van der Waals surface area contributed by atoms with Crippen molar-refractivity contribution in [1.82, 2.24) is 9.21 Å². The average Bonchev–Trinajstić information content (AvgIpc) is 2.71. The largest absolute Gasteiger partial charge is 0.486 e. The summed E-state index contributed by atoms with van der Waals surface area (Å²) in [6.07, 6.45) is 0. The zero-order chi connectivity index (χ0) is 19.7. The summed E-state index contributed by atoms with van der Waals surface area (Å²) in [5, 5.41) is 0.381. The molecule has 6 nitrogen and oxygen atoms in total. The minimum Gasteiger partial charge on any atom is -0.486 e. The SMILES string of the molecule is O=S(=O)(c1ccc2c(c1)OCCO2)N1CCN(Cc2c(F)cccc2Cl)CC1. The Morgan fingerprint density at radius 2 is 1.71 bits per heavy atom. The van der Waals surface area contributed by atoms with E-state index in [-0.39, 0.29) is 10.7 Å². The van der Waals surface area contributed by atoms with E-state index in [1.165, 1.54) is 22.5 Å². The number of rotatable bonds is 4. The molecule has 2 aliphatic rings. The van der Waals surface area contributed by atoms with Crippen LogP contribution in [0.3, 0.4) is 0 Å². The first-order chi connectivity index (χ1) is 13.4. The molecule has 0 aromatic heterocycles. The van der Waals surface area contributed by atoms with Gasteiger partial charge < -0.3 is 9.47 Å². The lowest BCUT2D eigenvalue weighted by molar-refractivity contribution is 0.170. The van der Waals surface area contributed by atoms with Crippen LogP contribution in [0, 0.1) is 5.82 Å². The fourth-order valence-corrected chi connectivity index (χ4v) is 5.03. The zero-order valence-corrected chi connectivity index (χ0v) is 16.7. The van der Waals surface area contributed by atoms with Gasteiger partial charge in [0.15, 0.2) is 11.5 Å². The second-order valence-corrected chi connectivity index (χ2v) is 9.03. The van der Waals surface area contributed by atoms with Gasteiger partial charge in [-0.1, -0.05) is 17.7 Å².